The van der Waals surface area contributed by atoms with Gasteiger partial charge in [0.25, 0.3) is 0 Å². The highest BCUT2D eigenvalue weighted by Crippen LogP contribution is 2.41. The lowest BCUT2D eigenvalue weighted by Gasteiger charge is -2.16. The summed E-state index contributed by atoms with van der Waals surface area (Å²) in [6, 6.07) is 12.3. The van der Waals surface area contributed by atoms with E-state index in [0.717, 1.165) is 6.26 Å². The van der Waals surface area contributed by atoms with Crippen molar-refractivity contribution in [2.45, 2.75) is 4.90 Å². The summed E-state index contributed by atoms with van der Waals surface area (Å²) in [6.07, 6.45) is 4.10. The highest BCUT2D eigenvalue weighted by atomic mass is 32.2. The van der Waals surface area contributed by atoms with Crippen molar-refractivity contribution in [3.63, 3.8) is 0 Å². The molecule has 0 unspecified atom stereocenters. The van der Waals surface area contributed by atoms with Gasteiger partial charge in [0.15, 0.2) is 9.84 Å². The Kier molecular flexibility index (Phi) is 4.93. The van der Waals surface area contributed by atoms with Gasteiger partial charge in [-0.25, -0.2) is 12.8 Å². The van der Waals surface area contributed by atoms with E-state index >= 15 is 0 Å². The van der Waals surface area contributed by atoms with Gasteiger partial charge in [0.05, 0.1) is 17.6 Å². The number of nitrogens with zero attached hydrogens (tertiary/aromatic N) is 2. The third kappa shape index (κ3) is 3.81. The summed E-state index contributed by atoms with van der Waals surface area (Å²) in [4.78, 5) is 4.15. The monoisotopic (exact) mass is 382 g/mol. The molecule has 0 atom stereocenters. The van der Waals surface area contributed by atoms with E-state index in [2.05, 4.69) is 4.98 Å². The van der Waals surface area contributed by atoms with E-state index in [1.807, 2.05) is 6.07 Å². The van der Waals surface area contributed by atoms with E-state index in [1.165, 1.54) is 37.6 Å². The van der Waals surface area contributed by atoms with Crippen molar-refractivity contribution in [1.29, 1.82) is 5.26 Å². The average molecular weight is 382 g/mol. The first-order valence-electron chi connectivity index (χ1n) is 7.87. The molecule has 0 aliphatic rings. The minimum Gasteiger partial charge on any atom is -0.496 e. The summed E-state index contributed by atoms with van der Waals surface area (Å²) in [5.74, 6) is -0.0891. The SMILES string of the molecule is COc1cc(S(C)(=O)=O)cc(-c2ccc(F)cc2)c1-c1cncc(C#N)c1. The first-order chi connectivity index (χ1) is 12.8. The first kappa shape index (κ1) is 18.5. The predicted molar refractivity (Wildman–Crippen MR) is 99.4 cm³/mol. The molecule has 0 saturated carbocycles. The maximum absolute atomic E-state index is 13.4. The van der Waals surface area contributed by atoms with Crippen LogP contribution in [-0.2, 0) is 9.84 Å². The quantitative estimate of drug-likeness (QED) is 0.685. The Balaban J connectivity index is 2.39. The molecule has 7 heteroatoms. The summed E-state index contributed by atoms with van der Waals surface area (Å²) in [7, 11) is -2.08. The number of methoxy groups -OCH3 is 1. The van der Waals surface area contributed by atoms with Gasteiger partial charge >= 0.3 is 0 Å². The summed E-state index contributed by atoms with van der Waals surface area (Å²) in [6.45, 7) is 0. The number of hydrogen-bond donors (Lipinski definition) is 0. The van der Waals surface area contributed by atoms with Gasteiger partial charge in [-0.3, -0.25) is 4.98 Å². The van der Waals surface area contributed by atoms with Gasteiger partial charge in [-0.05, 0) is 41.5 Å². The molecule has 0 saturated heterocycles. The molecular weight excluding hydrogens is 367 g/mol. The molecule has 0 radical (unpaired) electrons. The van der Waals surface area contributed by atoms with Crippen LogP contribution in [0.2, 0.25) is 0 Å². The number of rotatable bonds is 4. The van der Waals surface area contributed by atoms with Crippen LogP contribution < -0.4 is 4.74 Å². The van der Waals surface area contributed by atoms with Gasteiger partial charge < -0.3 is 4.74 Å². The molecule has 0 aliphatic carbocycles. The van der Waals surface area contributed by atoms with Gasteiger partial charge in [-0.15, -0.1) is 0 Å². The van der Waals surface area contributed by atoms with Crippen molar-refractivity contribution in [3.05, 3.63) is 66.2 Å². The maximum atomic E-state index is 13.4. The highest BCUT2D eigenvalue weighted by Gasteiger charge is 2.20. The van der Waals surface area contributed by atoms with Crippen molar-refractivity contribution in [3.8, 4) is 34.1 Å². The Bertz CT molecular complexity index is 1150. The zero-order chi connectivity index (χ0) is 19.6. The number of sulfone groups is 1. The average Bonchev–Trinajstić information content (AvgIpc) is 2.66. The lowest BCUT2D eigenvalue weighted by atomic mass is 9.94. The predicted octanol–water partition coefficient (Wildman–Crippen LogP) is 3.84. The van der Waals surface area contributed by atoms with Crippen molar-refractivity contribution in [2.75, 3.05) is 13.4 Å². The van der Waals surface area contributed by atoms with Gasteiger partial charge in [0.2, 0.25) is 0 Å². The molecular formula is C20H15FN2O3S. The molecule has 0 N–H and O–H groups in total. The number of halogens is 1. The van der Waals surface area contributed by atoms with E-state index in [4.69, 9.17) is 10.00 Å². The summed E-state index contributed by atoms with van der Waals surface area (Å²) < 4.78 is 43.0. The van der Waals surface area contributed by atoms with Crippen molar-refractivity contribution >= 4 is 9.84 Å². The number of aromatic nitrogens is 1. The molecule has 0 fully saturated rings. The van der Waals surface area contributed by atoms with Crippen LogP contribution in [0.1, 0.15) is 5.56 Å². The standard InChI is InChI=1S/C20H15FN2O3S/c1-26-19-9-17(27(2,24)25)8-18(14-3-5-16(21)6-4-14)20(19)15-7-13(10-22)11-23-12-15/h3-9,11-12H,1-2H3. The second-order valence-electron chi connectivity index (χ2n) is 5.90. The van der Waals surface area contributed by atoms with E-state index in [1.54, 1.807) is 24.4 Å². The number of hydrogen-bond acceptors (Lipinski definition) is 5. The van der Waals surface area contributed by atoms with Gasteiger partial charge in [0.1, 0.15) is 17.6 Å². The Hall–Kier alpha value is -3.24. The van der Waals surface area contributed by atoms with Gasteiger partial charge in [0, 0.05) is 29.8 Å². The minimum absolute atomic E-state index is 0.0758. The van der Waals surface area contributed by atoms with Crippen LogP contribution in [0.5, 0.6) is 5.75 Å². The fourth-order valence-electron chi connectivity index (χ4n) is 2.76. The molecule has 0 bridgehead atoms. The lowest BCUT2D eigenvalue weighted by Crippen LogP contribution is -2.01. The Morgan fingerprint density at radius 3 is 2.37 bits per heavy atom. The Morgan fingerprint density at radius 1 is 1.07 bits per heavy atom. The molecule has 0 aliphatic heterocycles. The summed E-state index contributed by atoms with van der Waals surface area (Å²) >= 11 is 0. The van der Waals surface area contributed by atoms with Gasteiger partial charge in [-0.2, -0.15) is 5.26 Å². The van der Waals surface area contributed by atoms with Crippen LogP contribution in [0, 0.1) is 17.1 Å². The van der Waals surface area contributed by atoms with E-state index in [-0.39, 0.29) is 4.90 Å². The van der Waals surface area contributed by atoms with E-state index in [9.17, 15) is 12.8 Å². The second kappa shape index (κ2) is 7.17. The number of pyridine rings is 1. The molecule has 0 spiro atoms. The first-order valence-corrected chi connectivity index (χ1v) is 9.76. The smallest absolute Gasteiger partial charge is 0.175 e. The number of nitriles is 1. The molecule has 3 aromatic rings. The molecule has 1 heterocycles. The maximum Gasteiger partial charge on any atom is 0.175 e. The van der Waals surface area contributed by atoms with Crippen LogP contribution >= 0.6 is 0 Å². The molecule has 136 valence electrons. The minimum atomic E-state index is -3.51. The Morgan fingerprint density at radius 2 is 1.78 bits per heavy atom. The molecule has 27 heavy (non-hydrogen) atoms. The van der Waals surface area contributed by atoms with E-state index in [0.29, 0.717) is 33.6 Å². The Labute approximate surface area is 156 Å². The summed E-state index contributed by atoms with van der Waals surface area (Å²) in [5, 5.41) is 9.16. The number of ether oxygens (including phenoxy) is 1. The number of benzene rings is 2. The van der Waals surface area contributed by atoms with Gasteiger partial charge in [-0.1, -0.05) is 12.1 Å². The lowest BCUT2D eigenvalue weighted by molar-refractivity contribution is 0.415. The molecule has 0 amide bonds. The second-order valence-corrected chi connectivity index (χ2v) is 7.92. The zero-order valence-corrected chi connectivity index (χ0v) is 15.4. The third-order valence-electron chi connectivity index (χ3n) is 4.03. The zero-order valence-electron chi connectivity index (χ0n) is 14.6. The van der Waals surface area contributed by atoms with Crippen molar-refractivity contribution in [2.24, 2.45) is 0 Å². The normalized spacial score (nSPS) is 11.0. The topological polar surface area (TPSA) is 80.1 Å². The molecule has 2 aromatic carbocycles. The van der Waals surface area contributed by atoms with Crippen molar-refractivity contribution in [1.82, 2.24) is 4.98 Å². The van der Waals surface area contributed by atoms with Crippen LogP contribution in [0.3, 0.4) is 0 Å². The molecule has 5 nitrogen and oxygen atoms in total. The largest absolute Gasteiger partial charge is 0.496 e. The fraction of sp³-hybridized carbons (Fsp3) is 0.100. The van der Waals surface area contributed by atoms with E-state index < -0.39 is 15.7 Å². The van der Waals surface area contributed by atoms with Crippen LogP contribution in [0.25, 0.3) is 22.3 Å². The van der Waals surface area contributed by atoms with Crippen molar-refractivity contribution < 1.29 is 17.5 Å². The van der Waals surface area contributed by atoms with Crippen LogP contribution in [0.15, 0.2) is 59.8 Å². The highest BCUT2D eigenvalue weighted by molar-refractivity contribution is 7.90. The molecule has 1 aromatic heterocycles. The third-order valence-corrected chi connectivity index (χ3v) is 5.13. The molecule has 3 rings (SSSR count). The fourth-order valence-corrected chi connectivity index (χ4v) is 3.41. The van der Waals surface area contributed by atoms with Crippen LogP contribution in [-0.4, -0.2) is 26.8 Å². The van der Waals surface area contributed by atoms with Crippen LogP contribution in [0.4, 0.5) is 4.39 Å². The summed E-state index contributed by atoms with van der Waals surface area (Å²) in [5.41, 5.74) is 2.66.